The van der Waals surface area contributed by atoms with Crippen molar-refractivity contribution in [2.24, 2.45) is 0 Å². The number of benzene rings is 1. The van der Waals surface area contributed by atoms with Crippen LogP contribution in [-0.2, 0) is 16.6 Å². The van der Waals surface area contributed by atoms with Crippen LogP contribution in [0, 0.1) is 0 Å². The molecule has 6 nitrogen and oxygen atoms in total. The van der Waals surface area contributed by atoms with Crippen molar-refractivity contribution in [3.63, 3.8) is 0 Å². The zero-order valence-electron chi connectivity index (χ0n) is 12.8. The van der Waals surface area contributed by atoms with Gasteiger partial charge in [-0.15, -0.1) is 0 Å². The van der Waals surface area contributed by atoms with E-state index in [2.05, 4.69) is 4.57 Å². The van der Waals surface area contributed by atoms with E-state index in [1.165, 1.54) is 0 Å². The fourth-order valence-corrected chi connectivity index (χ4v) is 4.82. The van der Waals surface area contributed by atoms with Crippen LogP contribution in [0.4, 0.5) is 0 Å². The SMILES string of the molecule is C[C@@H]1c2cccn2CCN1S(=O)(=O)c1ccc2c(c1)OCCO2. The van der Waals surface area contributed by atoms with Crippen molar-refractivity contribution in [1.82, 2.24) is 8.87 Å². The van der Waals surface area contributed by atoms with Gasteiger partial charge in [-0.3, -0.25) is 0 Å². The molecule has 0 amide bonds. The molecule has 0 radical (unpaired) electrons. The van der Waals surface area contributed by atoms with Gasteiger partial charge in [0.1, 0.15) is 13.2 Å². The van der Waals surface area contributed by atoms with Gasteiger partial charge in [0.05, 0.1) is 10.9 Å². The molecule has 0 unspecified atom stereocenters. The van der Waals surface area contributed by atoms with Gasteiger partial charge in [0, 0.05) is 31.0 Å². The average molecular weight is 334 g/mol. The molecule has 2 aliphatic rings. The number of ether oxygens (including phenoxy) is 2. The van der Waals surface area contributed by atoms with Gasteiger partial charge in [0.25, 0.3) is 0 Å². The average Bonchev–Trinajstić information content (AvgIpc) is 3.04. The van der Waals surface area contributed by atoms with E-state index in [-0.39, 0.29) is 10.9 Å². The van der Waals surface area contributed by atoms with Crippen LogP contribution < -0.4 is 9.47 Å². The Bertz CT molecular complexity index is 844. The molecule has 0 saturated carbocycles. The Labute approximate surface area is 135 Å². The summed E-state index contributed by atoms with van der Waals surface area (Å²) in [5.41, 5.74) is 1.01. The number of sulfonamides is 1. The van der Waals surface area contributed by atoms with Crippen LogP contribution >= 0.6 is 0 Å². The lowest BCUT2D eigenvalue weighted by molar-refractivity contribution is 0.171. The third kappa shape index (κ3) is 2.31. The van der Waals surface area contributed by atoms with Crippen molar-refractivity contribution >= 4 is 10.0 Å². The van der Waals surface area contributed by atoms with Crippen LogP contribution in [0.1, 0.15) is 18.7 Å². The van der Waals surface area contributed by atoms with Crippen LogP contribution in [0.2, 0.25) is 0 Å². The van der Waals surface area contributed by atoms with Crippen molar-refractivity contribution < 1.29 is 17.9 Å². The number of hydrogen-bond acceptors (Lipinski definition) is 4. The molecule has 4 rings (SSSR count). The summed E-state index contributed by atoms with van der Waals surface area (Å²) in [6.07, 6.45) is 1.99. The lowest BCUT2D eigenvalue weighted by Crippen LogP contribution is -2.40. The summed E-state index contributed by atoms with van der Waals surface area (Å²) in [6.45, 7) is 3.96. The van der Waals surface area contributed by atoms with E-state index in [0.29, 0.717) is 37.8 Å². The van der Waals surface area contributed by atoms with Crippen molar-refractivity contribution in [1.29, 1.82) is 0 Å². The molecular weight excluding hydrogens is 316 g/mol. The first-order chi connectivity index (χ1) is 11.1. The van der Waals surface area contributed by atoms with Crippen LogP contribution in [0.15, 0.2) is 41.4 Å². The van der Waals surface area contributed by atoms with E-state index < -0.39 is 10.0 Å². The highest BCUT2D eigenvalue weighted by Crippen LogP contribution is 2.36. The molecular formula is C16H18N2O4S. The van der Waals surface area contributed by atoms with Gasteiger partial charge in [-0.2, -0.15) is 4.31 Å². The fourth-order valence-electron chi connectivity index (χ4n) is 3.21. The van der Waals surface area contributed by atoms with Crippen LogP contribution in [0.3, 0.4) is 0 Å². The number of fused-ring (bicyclic) bond motifs is 2. The highest BCUT2D eigenvalue weighted by atomic mass is 32.2. The first-order valence-electron chi connectivity index (χ1n) is 7.64. The zero-order valence-corrected chi connectivity index (χ0v) is 13.6. The summed E-state index contributed by atoms with van der Waals surface area (Å²) in [5.74, 6) is 1.08. The van der Waals surface area contributed by atoms with Crippen molar-refractivity contribution in [3.8, 4) is 11.5 Å². The first-order valence-corrected chi connectivity index (χ1v) is 9.08. The van der Waals surface area contributed by atoms with Crippen LogP contribution in [0.25, 0.3) is 0 Å². The van der Waals surface area contributed by atoms with E-state index in [9.17, 15) is 8.42 Å². The largest absolute Gasteiger partial charge is 0.486 e. The molecule has 1 atom stereocenters. The number of nitrogens with zero attached hydrogens (tertiary/aromatic N) is 2. The molecule has 7 heteroatoms. The Morgan fingerprint density at radius 2 is 1.87 bits per heavy atom. The molecule has 0 bridgehead atoms. The van der Waals surface area contributed by atoms with Crippen molar-refractivity contribution in [3.05, 3.63) is 42.2 Å². The van der Waals surface area contributed by atoms with Gasteiger partial charge in [-0.05, 0) is 31.2 Å². The van der Waals surface area contributed by atoms with Crippen molar-refractivity contribution in [2.45, 2.75) is 24.4 Å². The van der Waals surface area contributed by atoms with E-state index in [4.69, 9.17) is 9.47 Å². The van der Waals surface area contributed by atoms with Gasteiger partial charge in [0.2, 0.25) is 10.0 Å². The Balaban J connectivity index is 1.71. The third-order valence-electron chi connectivity index (χ3n) is 4.41. The minimum atomic E-state index is -3.58. The molecule has 3 heterocycles. The second-order valence-electron chi connectivity index (χ2n) is 5.72. The molecule has 1 aromatic carbocycles. The summed E-state index contributed by atoms with van der Waals surface area (Å²) in [6, 6.07) is 8.53. The van der Waals surface area contributed by atoms with E-state index in [0.717, 1.165) is 5.69 Å². The van der Waals surface area contributed by atoms with Gasteiger partial charge in [0.15, 0.2) is 11.5 Å². The first kappa shape index (κ1) is 14.6. The number of rotatable bonds is 2. The third-order valence-corrected chi connectivity index (χ3v) is 6.37. The van der Waals surface area contributed by atoms with Crippen LogP contribution in [0.5, 0.6) is 11.5 Å². The van der Waals surface area contributed by atoms with Crippen LogP contribution in [-0.4, -0.2) is 37.0 Å². The maximum atomic E-state index is 13.0. The molecule has 2 aliphatic heterocycles. The minimum absolute atomic E-state index is 0.197. The summed E-state index contributed by atoms with van der Waals surface area (Å²) in [7, 11) is -3.58. The van der Waals surface area contributed by atoms with Crippen molar-refractivity contribution in [2.75, 3.05) is 19.8 Å². The number of aromatic nitrogens is 1. The highest BCUT2D eigenvalue weighted by molar-refractivity contribution is 7.89. The maximum absolute atomic E-state index is 13.0. The molecule has 0 fully saturated rings. The Morgan fingerprint density at radius 1 is 1.09 bits per heavy atom. The van der Waals surface area contributed by atoms with E-state index in [1.54, 1.807) is 22.5 Å². The van der Waals surface area contributed by atoms with Gasteiger partial charge >= 0.3 is 0 Å². The molecule has 0 aliphatic carbocycles. The standard InChI is InChI=1S/C16H18N2O4S/c1-12-14-3-2-6-17(14)7-8-18(12)23(19,20)13-4-5-15-16(11-13)22-10-9-21-15/h2-6,11-12H,7-10H2,1H3/t12-/m1/s1. The topological polar surface area (TPSA) is 60.8 Å². The quantitative estimate of drug-likeness (QED) is 0.843. The second kappa shape index (κ2) is 5.28. The molecule has 0 N–H and O–H groups in total. The smallest absolute Gasteiger partial charge is 0.243 e. The normalized spacial score (nSPS) is 21.0. The van der Waals surface area contributed by atoms with Gasteiger partial charge < -0.3 is 14.0 Å². The zero-order chi connectivity index (χ0) is 16.0. The molecule has 2 aromatic rings. The summed E-state index contributed by atoms with van der Waals surface area (Å²) >= 11 is 0. The minimum Gasteiger partial charge on any atom is -0.486 e. The lowest BCUT2D eigenvalue weighted by atomic mass is 10.2. The molecule has 0 saturated heterocycles. The highest BCUT2D eigenvalue weighted by Gasteiger charge is 2.34. The lowest BCUT2D eigenvalue weighted by Gasteiger charge is -2.34. The second-order valence-corrected chi connectivity index (χ2v) is 7.61. The summed E-state index contributed by atoms with van der Waals surface area (Å²) in [5, 5.41) is 0. The van der Waals surface area contributed by atoms with Gasteiger partial charge in [-0.25, -0.2) is 8.42 Å². The Hall–Kier alpha value is -1.99. The summed E-state index contributed by atoms with van der Waals surface area (Å²) in [4.78, 5) is 0.244. The summed E-state index contributed by atoms with van der Waals surface area (Å²) < 4.78 is 40.7. The number of hydrogen-bond donors (Lipinski definition) is 0. The Morgan fingerprint density at radius 3 is 2.70 bits per heavy atom. The molecule has 23 heavy (non-hydrogen) atoms. The molecule has 1 aromatic heterocycles. The monoisotopic (exact) mass is 334 g/mol. The predicted molar refractivity (Wildman–Crippen MR) is 84.2 cm³/mol. The maximum Gasteiger partial charge on any atom is 0.243 e. The Kier molecular flexibility index (Phi) is 3.35. The van der Waals surface area contributed by atoms with Gasteiger partial charge in [-0.1, -0.05) is 0 Å². The predicted octanol–water partition coefficient (Wildman–Crippen LogP) is 2.02. The van der Waals surface area contributed by atoms with E-state index in [1.807, 2.05) is 25.3 Å². The molecule has 122 valence electrons. The molecule has 0 spiro atoms. The fraction of sp³-hybridized carbons (Fsp3) is 0.375. The van der Waals surface area contributed by atoms with E-state index >= 15 is 0 Å².